The highest BCUT2D eigenvalue weighted by molar-refractivity contribution is 5.89. The average molecular weight is 438 g/mol. The largest absolute Gasteiger partial charge is 0.493 e. The number of carbonyl (C=O) groups is 1. The molecule has 0 spiro atoms. The van der Waals surface area contributed by atoms with Crippen molar-refractivity contribution >= 4 is 11.7 Å². The smallest absolute Gasteiger partial charge is 0.319 e. The molecule has 0 bridgehead atoms. The summed E-state index contributed by atoms with van der Waals surface area (Å²) >= 11 is 0. The number of nitrogens with zero attached hydrogens (tertiary/aromatic N) is 1. The first kappa shape index (κ1) is 22.5. The van der Waals surface area contributed by atoms with E-state index in [9.17, 15) is 4.79 Å². The Bertz CT molecular complexity index is 963. The van der Waals surface area contributed by atoms with Gasteiger partial charge in [0.1, 0.15) is 0 Å². The Labute approximate surface area is 191 Å². The molecule has 1 aliphatic carbocycles. The van der Waals surface area contributed by atoms with Gasteiger partial charge in [0.05, 0.1) is 14.2 Å². The van der Waals surface area contributed by atoms with E-state index in [0.717, 1.165) is 55.8 Å². The Morgan fingerprint density at radius 2 is 1.94 bits per heavy atom. The van der Waals surface area contributed by atoms with Crippen LogP contribution in [0.4, 0.5) is 10.5 Å². The van der Waals surface area contributed by atoms with Gasteiger partial charge in [0.2, 0.25) is 0 Å². The number of aryl methyl sites for hydroxylation is 1. The molecule has 1 saturated heterocycles. The van der Waals surface area contributed by atoms with Crippen LogP contribution in [0.3, 0.4) is 0 Å². The topological polar surface area (TPSA) is 62.8 Å². The number of benzene rings is 2. The fraction of sp³-hybridized carbons (Fsp3) is 0.500. The maximum absolute atomic E-state index is 12.7. The van der Waals surface area contributed by atoms with Crippen molar-refractivity contribution in [2.24, 2.45) is 0 Å². The Morgan fingerprint density at radius 1 is 1.12 bits per heavy atom. The molecule has 32 heavy (non-hydrogen) atoms. The fourth-order valence-electron chi connectivity index (χ4n) is 5.62. The minimum absolute atomic E-state index is 0.0818. The molecular weight excluding hydrogens is 402 g/mol. The van der Waals surface area contributed by atoms with Gasteiger partial charge in [-0.05, 0) is 81.1 Å². The third kappa shape index (κ3) is 4.29. The SMILES string of the molecule is CCc1cccc(NC(=O)NC2CCC3(c4ccc(OC)c(OC)c4)CCN(C)C3C2)c1. The third-order valence-electron chi connectivity index (χ3n) is 7.41. The van der Waals surface area contributed by atoms with Gasteiger partial charge in [0.25, 0.3) is 0 Å². The summed E-state index contributed by atoms with van der Waals surface area (Å²) in [6, 6.07) is 14.8. The van der Waals surface area contributed by atoms with Crippen molar-refractivity contribution in [2.75, 3.05) is 33.1 Å². The molecule has 6 nitrogen and oxygen atoms in total. The number of anilines is 1. The minimum Gasteiger partial charge on any atom is -0.493 e. The summed E-state index contributed by atoms with van der Waals surface area (Å²) in [6.07, 6.45) is 5.00. The number of likely N-dealkylation sites (N-methyl/N-ethyl adjacent to an activating group) is 1. The van der Waals surface area contributed by atoms with Crippen LogP contribution in [0, 0.1) is 0 Å². The zero-order valence-electron chi connectivity index (χ0n) is 19.6. The first-order valence-corrected chi connectivity index (χ1v) is 11.6. The summed E-state index contributed by atoms with van der Waals surface area (Å²) in [5, 5.41) is 6.24. The summed E-state index contributed by atoms with van der Waals surface area (Å²) in [7, 11) is 5.56. The number of methoxy groups -OCH3 is 2. The number of urea groups is 1. The Hall–Kier alpha value is -2.73. The van der Waals surface area contributed by atoms with Crippen molar-refractivity contribution in [3.63, 3.8) is 0 Å². The number of hydrogen-bond acceptors (Lipinski definition) is 4. The molecule has 1 heterocycles. The monoisotopic (exact) mass is 437 g/mol. The summed E-state index contributed by atoms with van der Waals surface area (Å²) in [4.78, 5) is 15.1. The van der Waals surface area contributed by atoms with Gasteiger partial charge in [-0.1, -0.05) is 25.1 Å². The van der Waals surface area contributed by atoms with E-state index in [1.165, 1.54) is 11.1 Å². The van der Waals surface area contributed by atoms with Crippen LogP contribution in [0.25, 0.3) is 0 Å². The Kier molecular flexibility index (Phi) is 6.60. The van der Waals surface area contributed by atoms with Gasteiger partial charge in [-0.25, -0.2) is 4.79 Å². The molecule has 0 aromatic heterocycles. The number of ether oxygens (including phenoxy) is 2. The van der Waals surface area contributed by atoms with Gasteiger partial charge in [-0.3, -0.25) is 0 Å². The van der Waals surface area contributed by atoms with E-state index in [1.807, 2.05) is 24.3 Å². The van der Waals surface area contributed by atoms with Gasteiger partial charge in [0.15, 0.2) is 11.5 Å². The lowest BCUT2D eigenvalue weighted by atomic mass is 9.65. The molecule has 6 heteroatoms. The molecule has 2 fully saturated rings. The summed E-state index contributed by atoms with van der Waals surface area (Å²) < 4.78 is 11.0. The molecule has 1 saturated carbocycles. The van der Waals surface area contributed by atoms with Gasteiger partial charge >= 0.3 is 6.03 Å². The van der Waals surface area contributed by atoms with Crippen molar-refractivity contribution in [2.45, 2.75) is 56.5 Å². The zero-order valence-corrected chi connectivity index (χ0v) is 19.6. The summed E-state index contributed by atoms with van der Waals surface area (Å²) in [5.74, 6) is 1.54. The van der Waals surface area contributed by atoms with Crippen LogP contribution in [0.2, 0.25) is 0 Å². The molecule has 2 amide bonds. The second-order valence-electron chi connectivity index (χ2n) is 9.10. The van der Waals surface area contributed by atoms with Crippen LogP contribution >= 0.6 is 0 Å². The lowest BCUT2D eigenvalue weighted by Crippen LogP contribution is -2.52. The fourth-order valence-corrected chi connectivity index (χ4v) is 5.62. The lowest BCUT2D eigenvalue weighted by Gasteiger charge is -2.45. The quantitative estimate of drug-likeness (QED) is 0.694. The molecule has 2 aromatic rings. The first-order chi connectivity index (χ1) is 15.5. The predicted molar refractivity (Wildman–Crippen MR) is 128 cm³/mol. The molecule has 3 atom stereocenters. The van der Waals surface area contributed by atoms with E-state index in [0.29, 0.717) is 6.04 Å². The minimum atomic E-state index is -0.123. The van der Waals surface area contributed by atoms with Crippen molar-refractivity contribution in [1.29, 1.82) is 0 Å². The molecule has 2 N–H and O–H groups in total. The number of amides is 2. The second kappa shape index (κ2) is 9.41. The zero-order chi connectivity index (χ0) is 22.7. The molecule has 3 unspecified atom stereocenters. The van der Waals surface area contributed by atoms with Crippen molar-refractivity contribution in [3.8, 4) is 11.5 Å². The highest BCUT2D eigenvalue weighted by Crippen LogP contribution is 2.49. The number of nitrogens with one attached hydrogen (secondary N) is 2. The van der Waals surface area contributed by atoms with Gasteiger partial charge < -0.3 is 25.0 Å². The standard InChI is InChI=1S/C26H35N3O3/c1-5-18-7-6-8-20(15-18)27-25(30)28-21-11-12-26(13-14-29(2)24(26)17-21)19-9-10-22(31-3)23(16-19)32-4/h6-10,15-16,21,24H,5,11-14,17H2,1-4H3,(H2,27,28,30). The van der Waals surface area contributed by atoms with Crippen LogP contribution in [0.1, 0.15) is 43.7 Å². The summed E-state index contributed by atoms with van der Waals surface area (Å²) in [5.41, 5.74) is 3.45. The highest BCUT2D eigenvalue weighted by Gasteiger charge is 2.50. The number of rotatable bonds is 6. The van der Waals surface area contributed by atoms with E-state index in [1.54, 1.807) is 14.2 Å². The average Bonchev–Trinajstić information content (AvgIpc) is 3.15. The van der Waals surface area contributed by atoms with Crippen molar-refractivity contribution in [3.05, 3.63) is 53.6 Å². The van der Waals surface area contributed by atoms with E-state index >= 15 is 0 Å². The molecule has 2 aliphatic rings. The molecule has 2 aromatic carbocycles. The van der Waals surface area contributed by atoms with Gasteiger partial charge in [-0.2, -0.15) is 0 Å². The van der Waals surface area contributed by atoms with Crippen molar-refractivity contribution in [1.82, 2.24) is 10.2 Å². The Morgan fingerprint density at radius 3 is 2.69 bits per heavy atom. The van der Waals surface area contributed by atoms with Gasteiger partial charge in [-0.15, -0.1) is 0 Å². The normalized spacial score (nSPS) is 25.1. The third-order valence-corrected chi connectivity index (χ3v) is 7.41. The molecule has 0 radical (unpaired) electrons. The maximum atomic E-state index is 12.7. The van der Waals surface area contributed by atoms with E-state index in [2.05, 4.69) is 47.7 Å². The number of fused-ring (bicyclic) bond motifs is 1. The van der Waals surface area contributed by atoms with E-state index in [-0.39, 0.29) is 17.5 Å². The van der Waals surface area contributed by atoms with Crippen LogP contribution < -0.4 is 20.1 Å². The molecule has 172 valence electrons. The van der Waals surface area contributed by atoms with Crippen LogP contribution in [-0.4, -0.2) is 50.8 Å². The number of likely N-dealkylation sites (tertiary alicyclic amines) is 1. The molecule has 4 rings (SSSR count). The molecule has 1 aliphatic heterocycles. The Balaban J connectivity index is 1.47. The van der Waals surface area contributed by atoms with E-state index < -0.39 is 0 Å². The highest BCUT2D eigenvalue weighted by atomic mass is 16.5. The predicted octanol–water partition coefficient (Wildman–Crippen LogP) is 4.58. The first-order valence-electron chi connectivity index (χ1n) is 11.6. The van der Waals surface area contributed by atoms with Crippen LogP contribution in [0.5, 0.6) is 11.5 Å². The second-order valence-corrected chi connectivity index (χ2v) is 9.10. The molecular formula is C26H35N3O3. The van der Waals surface area contributed by atoms with E-state index in [4.69, 9.17) is 9.47 Å². The van der Waals surface area contributed by atoms with Crippen LogP contribution in [-0.2, 0) is 11.8 Å². The van der Waals surface area contributed by atoms with Crippen molar-refractivity contribution < 1.29 is 14.3 Å². The van der Waals surface area contributed by atoms with Crippen LogP contribution in [0.15, 0.2) is 42.5 Å². The number of carbonyl (C=O) groups excluding carboxylic acids is 1. The number of hydrogen-bond donors (Lipinski definition) is 2. The maximum Gasteiger partial charge on any atom is 0.319 e. The van der Waals surface area contributed by atoms with Gasteiger partial charge in [0, 0.05) is 23.2 Å². The lowest BCUT2D eigenvalue weighted by molar-refractivity contribution is 0.156. The summed E-state index contributed by atoms with van der Waals surface area (Å²) in [6.45, 7) is 3.17.